The molecule has 0 fully saturated rings. The zero-order valence-electron chi connectivity index (χ0n) is 19.8. The van der Waals surface area contributed by atoms with Crippen LogP contribution < -0.4 is 10.9 Å². The van der Waals surface area contributed by atoms with Crippen molar-refractivity contribution in [1.29, 1.82) is 0 Å². The van der Waals surface area contributed by atoms with Crippen molar-refractivity contribution < 1.29 is 23.5 Å². The molecule has 0 aliphatic heterocycles. The van der Waals surface area contributed by atoms with Crippen molar-refractivity contribution >= 4 is 33.8 Å². The maximum absolute atomic E-state index is 12.9. The smallest absolute Gasteiger partial charge is 0.339 e. The lowest BCUT2D eigenvalue weighted by atomic mass is 9.93. The summed E-state index contributed by atoms with van der Waals surface area (Å²) in [5, 5.41) is 14.0. The predicted octanol–water partition coefficient (Wildman–Crippen LogP) is 4.91. The maximum atomic E-state index is 12.9. The first-order valence-corrected chi connectivity index (χ1v) is 11.9. The molecule has 0 bridgehead atoms. The van der Waals surface area contributed by atoms with Crippen LogP contribution in [0, 0.1) is 13.8 Å². The van der Waals surface area contributed by atoms with E-state index in [0.29, 0.717) is 16.7 Å². The molecule has 2 heterocycles. The van der Waals surface area contributed by atoms with Crippen molar-refractivity contribution in [1.82, 2.24) is 5.32 Å². The van der Waals surface area contributed by atoms with Gasteiger partial charge in [-0.25, -0.2) is 9.59 Å². The molecule has 1 amide bonds. The number of aryl methyl sites for hydroxylation is 4. The number of carboxylic acid groups (broad SMARTS) is 1. The fraction of sp³-hybridized carbons (Fsp3) is 0.321. The van der Waals surface area contributed by atoms with E-state index in [1.54, 1.807) is 30.3 Å². The summed E-state index contributed by atoms with van der Waals surface area (Å²) in [6.07, 6.45) is 4.25. The van der Waals surface area contributed by atoms with E-state index in [-0.39, 0.29) is 12.8 Å². The Kier molecular flexibility index (Phi) is 5.93. The predicted molar refractivity (Wildman–Crippen MR) is 132 cm³/mol. The lowest BCUT2D eigenvalue weighted by Crippen LogP contribution is -2.34. The van der Waals surface area contributed by atoms with Gasteiger partial charge in [0.2, 0.25) is 5.91 Å². The van der Waals surface area contributed by atoms with Crippen LogP contribution in [0.3, 0.4) is 0 Å². The molecule has 5 rings (SSSR count). The number of rotatable bonds is 6. The summed E-state index contributed by atoms with van der Waals surface area (Å²) in [7, 11) is 0. The Labute approximate surface area is 201 Å². The van der Waals surface area contributed by atoms with E-state index in [1.807, 2.05) is 19.9 Å². The van der Waals surface area contributed by atoms with Gasteiger partial charge in [0.25, 0.3) is 0 Å². The highest BCUT2D eigenvalue weighted by Crippen LogP contribution is 2.38. The molecule has 35 heavy (non-hydrogen) atoms. The van der Waals surface area contributed by atoms with Crippen LogP contribution in [-0.2, 0) is 28.9 Å². The molecular formula is C28H27NO6. The molecule has 1 aliphatic carbocycles. The van der Waals surface area contributed by atoms with Crippen molar-refractivity contribution in [2.24, 2.45) is 0 Å². The number of hydrogen-bond donors (Lipinski definition) is 2. The number of amides is 1. The molecule has 2 aromatic carbocycles. The van der Waals surface area contributed by atoms with Gasteiger partial charge in [-0.05, 0) is 56.7 Å². The minimum Gasteiger partial charge on any atom is -0.479 e. The maximum Gasteiger partial charge on any atom is 0.339 e. The molecule has 2 aromatic heterocycles. The highest BCUT2D eigenvalue weighted by atomic mass is 16.4. The topological polar surface area (TPSA) is 110 Å². The summed E-state index contributed by atoms with van der Waals surface area (Å²) in [6, 6.07) is 9.41. The average Bonchev–Trinajstić information content (AvgIpc) is 3.23. The van der Waals surface area contributed by atoms with Gasteiger partial charge in [-0.2, -0.15) is 0 Å². The fourth-order valence-electron chi connectivity index (χ4n) is 5.11. The lowest BCUT2D eigenvalue weighted by molar-refractivity contribution is -0.142. The van der Waals surface area contributed by atoms with E-state index in [1.165, 1.54) is 5.56 Å². The van der Waals surface area contributed by atoms with Crippen LogP contribution in [-0.4, -0.2) is 17.0 Å². The summed E-state index contributed by atoms with van der Waals surface area (Å²) in [6.45, 7) is 3.78. The third kappa shape index (κ3) is 4.11. The second-order valence-corrected chi connectivity index (χ2v) is 9.21. The molecule has 1 atom stereocenters. The number of nitrogens with one attached hydrogen (secondary N) is 1. The van der Waals surface area contributed by atoms with Gasteiger partial charge in [0.1, 0.15) is 16.9 Å². The van der Waals surface area contributed by atoms with Gasteiger partial charge >= 0.3 is 11.6 Å². The normalized spacial score (nSPS) is 14.1. The standard InChI is InChI=1S/C28H27NO6/c1-15-18(12-13-23(30)29-24(27(31)32)17-8-4-3-5-9-17)28(33)35-25-16(2)26-21(14-20(15)25)19-10-6-7-11-22(19)34-26/h3-5,8-9,14,24H,6-7,10-13H2,1-2H3,(H,29,30)(H,31,32)/t24-/m1/s1. The molecule has 180 valence electrons. The van der Waals surface area contributed by atoms with Crippen molar-refractivity contribution in [3.8, 4) is 0 Å². The SMILES string of the molecule is Cc1c(CCC(=O)N[C@@H](C(=O)O)c2ccccc2)c(=O)oc2c(C)c3oc4c(c3cc12)CCCC4. The lowest BCUT2D eigenvalue weighted by Gasteiger charge is -2.15. The molecule has 0 saturated heterocycles. The number of furan rings is 1. The van der Waals surface area contributed by atoms with Gasteiger partial charge in [-0.15, -0.1) is 0 Å². The minimum atomic E-state index is -1.15. The van der Waals surface area contributed by atoms with Crippen LogP contribution in [0.15, 0.2) is 50.0 Å². The first-order valence-electron chi connectivity index (χ1n) is 11.9. The first-order chi connectivity index (χ1) is 16.8. The largest absolute Gasteiger partial charge is 0.479 e. The van der Waals surface area contributed by atoms with E-state index in [4.69, 9.17) is 8.83 Å². The Morgan fingerprint density at radius 1 is 1.00 bits per heavy atom. The second-order valence-electron chi connectivity index (χ2n) is 9.21. The van der Waals surface area contributed by atoms with Gasteiger partial charge in [0.05, 0.1) is 0 Å². The number of carbonyl (C=O) groups is 2. The molecule has 7 nitrogen and oxygen atoms in total. The Morgan fingerprint density at radius 3 is 2.46 bits per heavy atom. The average molecular weight is 474 g/mol. The molecule has 7 heteroatoms. The van der Waals surface area contributed by atoms with Gasteiger partial charge in [0.15, 0.2) is 6.04 Å². The van der Waals surface area contributed by atoms with E-state index in [9.17, 15) is 19.5 Å². The number of hydrogen-bond acceptors (Lipinski definition) is 5. The minimum absolute atomic E-state index is 0.0317. The highest BCUT2D eigenvalue weighted by molar-refractivity contribution is 6.00. The van der Waals surface area contributed by atoms with Gasteiger partial charge < -0.3 is 19.3 Å². The monoisotopic (exact) mass is 473 g/mol. The van der Waals surface area contributed by atoms with E-state index in [2.05, 4.69) is 5.32 Å². The van der Waals surface area contributed by atoms with Crippen LogP contribution >= 0.6 is 0 Å². The molecule has 2 N–H and O–H groups in total. The number of carboxylic acids is 1. The van der Waals surface area contributed by atoms with Crippen molar-refractivity contribution in [2.75, 3.05) is 0 Å². The number of benzene rings is 2. The summed E-state index contributed by atoms with van der Waals surface area (Å²) in [5.41, 5.74) is 4.53. The zero-order chi connectivity index (χ0) is 24.7. The molecule has 0 radical (unpaired) electrons. The quantitative estimate of drug-likeness (QED) is 0.385. The number of carbonyl (C=O) groups excluding carboxylic acids is 1. The molecule has 0 spiro atoms. The Morgan fingerprint density at radius 2 is 1.71 bits per heavy atom. The molecule has 1 aliphatic rings. The highest BCUT2D eigenvalue weighted by Gasteiger charge is 2.24. The summed E-state index contributed by atoms with van der Waals surface area (Å²) < 4.78 is 11.9. The van der Waals surface area contributed by atoms with E-state index >= 15 is 0 Å². The molecule has 0 saturated carbocycles. The number of fused-ring (bicyclic) bond motifs is 4. The third-order valence-electron chi connectivity index (χ3n) is 7.01. The Bertz CT molecular complexity index is 1510. The van der Waals surface area contributed by atoms with Crippen molar-refractivity contribution in [3.05, 3.63) is 80.4 Å². The Balaban J connectivity index is 1.44. The fourth-order valence-corrected chi connectivity index (χ4v) is 5.11. The summed E-state index contributed by atoms with van der Waals surface area (Å²) >= 11 is 0. The van der Waals surface area contributed by atoms with Gasteiger partial charge in [-0.3, -0.25) is 4.79 Å². The Hall–Kier alpha value is -3.87. The molecule has 0 unspecified atom stereocenters. The van der Waals surface area contributed by atoms with Crippen LogP contribution in [0.25, 0.3) is 21.9 Å². The molecular weight excluding hydrogens is 446 g/mol. The van der Waals surface area contributed by atoms with Crippen LogP contribution in [0.2, 0.25) is 0 Å². The molecule has 4 aromatic rings. The third-order valence-corrected chi connectivity index (χ3v) is 7.01. The van der Waals surface area contributed by atoms with Crippen LogP contribution in [0.4, 0.5) is 0 Å². The van der Waals surface area contributed by atoms with E-state index < -0.39 is 23.5 Å². The van der Waals surface area contributed by atoms with Gasteiger partial charge in [-0.1, -0.05) is 30.3 Å². The van der Waals surface area contributed by atoms with Crippen LogP contribution in [0.1, 0.15) is 58.9 Å². The first kappa shape index (κ1) is 22.9. The zero-order valence-corrected chi connectivity index (χ0v) is 19.8. The number of aliphatic carboxylic acids is 1. The van der Waals surface area contributed by atoms with Crippen LogP contribution in [0.5, 0.6) is 0 Å². The van der Waals surface area contributed by atoms with Gasteiger partial charge in [0, 0.05) is 40.3 Å². The second kappa shape index (κ2) is 9.06. The summed E-state index contributed by atoms with van der Waals surface area (Å²) in [4.78, 5) is 37.2. The van der Waals surface area contributed by atoms with E-state index in [0.717, 1.165) is 58.9 Å². The summed E-state index contributed by atoms with van der Waals surface area (Å²) in [5.74, 6) is -0.572. The van der Waals surface area contributed by atoms with Crippen molar-refractivity contribution in [3.63, 3.8) is 0 Å². The van der Waals surface area contributed by atoms with Crippen molar-refractivity contribution in [2.45, 2.75) is 58.4 Å².